The van der Waals surface area contributed by atoms with Crippen molar-refractivity contribution < 1.29 is 4.11 Å². The molecule has 0 amide bonds. The Bertz CT molecular complexity index is 1280. The number of nitrogens with zero attached hydrogens (tertiary/aromatic N) is 2. The van der Waals surface area contributed by atoms with Crippen LogP contribution in [0.25, 0.3) is 38.8 Å². The lowest BCUT2D eigenvalue weighted by molar-refractivity contribution is 1.12. The van der Waals surface area contributed by atoms with Gasteiger partial charge in [0.2, 0.25) is 0 Å². The molecule has 0 saturated heterocycles. The first kappa shape index (κ1) is 12.0. The van der Waals surface area contributed by atoms with Crippen LogP contribution in [-0.2, 0) is 0 Å². The zero-order valence-corrected chi connectivity index (χ0v) is 14.1. The van der Waals surface area contributed by atoms with E-state index in [1.165, 1.54) is 6.20 Å². The fourth-order valence-electron chi connectivity index (χ4n) is 3.58. The van der Waals surface area contributed by atoms with Crippen LogP contribution in [0, 0.1) is 6.85 Å². The third kappa shape index (κ3) is 2.23. The molecule has 2 aromatic heterocycles. The predicted molar refractivity (Wildman–Crippen MR) is 109 cm³/mol. The highest BCUT2D eigenvalue weighted by molar-refractivity contribution is 6.09. The molecule has 26 heavy (non-hydrogen) atoms. The summed E-state index contributed by atoms with van der Waals surface area (Å²) in [5.41, 5.74) is 4.52. The van der Waals surface area contributed by atoms with E-state index in [0.29, 0.717) is 5.69 Å². The van der Waals surface area contributed by atoms with Crippen molar-refractivity contribution in [1.29, 1.82) is 0 Å². The van der Waals surface area contributed by atoms with Crippen LogP contribution in [0.5, 0.6) is 0 Å². The molecule has 0 aliphatic rings. The maximum absolute atomic E-state index is 8.09. The number of benzene rings is 3. The molecule has 0 aliphatic heterocycles. The van der Waals surface area contributed by atoms with E-state index in [1.807, 2.05) is 77.4 Å². The average Bonchev–Trinajstić information content (AvgIpc) is 3.08. The molecule has 0 fully saturated rings. The maximum atomic E-state index is 8.09. The molecule has 3 aromatic carbocycles. The summed E-state index contributed by atoms with van der Waals surface area (Å²) in [6.07, 6.45) is 1.49. The number of fused-ring (bicyclic) bond motifs is 3. The zero-order chi connectivity index (χ0) is 20.0. The molecule has 0 aliphatic carbocycles. The van der Waals surface area contributed by atoms with Crippen molar-refractivity contribution in [2.45, 2.75) is 6.85 Å². The molecule has 0 radical (unpaired) electrons. The topological polar surface area (TPSA) is 17.8 Å². The standard InChI is InChI=1S/C24H18N2/c1-17-16-25-21(18-9-3-2-4-10-18)15-24(17)26-22-13-7-5-11-19(22)20-12-6-8-14-23(20)26/h2-16H,1H3/i1D3. The van der Waals surface area contributed by atoms with E-state index in [-0.39, 0.29) is 5.56 Å². The second kappa shape index (κ2) is 5.85. The van der Waals surface area contributed by atoms with Gasteiger partial charge in [-0.25, -0.2) is 0 Å². The van der Waals surface area contributed by atoms with Crippen molar-refractivity contribution in [3.05, 3.63) is 96.7 Å². The monoisotopic (exact) mass is 337 g/mol. The quantitative estimate of drug-likeness (QED) is 0.377. The van der Waals surface area contributed by atoms with Gasteiger partial charge in [-0.1, -0.05) is 66.7 Å². The Morgan fingerprint density at radius 3 is 2.04 bits per heavy atom. The normalized spacial score (nSPS) is 13.5. The molecule has 0 unspecified atom stereocenters. The second-order valence-electron chi connectivity index (χ2n) is 6.32. The minimum absolute atomic E-state index is 0.240. The molecule has 5 aromatic rings. The molecule has 0 bridgehead atoms. The second-order valence-corrected chi connectivity index (χ2v) is 6.32. The van der Waals surface area contributed by atoms with Crippen LogP contribution >= 0.6 is 0 Å². The van der Waals surface area contributed by atoms with E-state index in [9.17, 15) is 0 Å². The predicted octanol–water partition coefficient (Wildman–Crippen LogP) is 6.15. The number of rotatable bonds is 2. The van der Waals surface area contributed by atoms with E-state index in [2.05, 4.69) is 17.1 Å². The van der Waals surface area contributed by atoms with Gasteiger partial charge in [-0.3, -0.25) is 4.98 Å². The van der Waals surface area contributed by atoms with Gasteiger partial charge in [-0.2, -0.15) is 0 Å². The summed E-state index contributed by atoms with van der Waals surface area (Å²) in [6.45, 7) is -2.27. The molecule has 2 heteroatoms. The number of hydrogen-bond acceptors (Lipinski definition) is 1. The number of aryl methyl sites for hydroxylation is 1. The summed E-state index contributed by atoms with van der Waals surface area (Å²) in [4.78, 5) is 4.47. The van der Waals surface area contributed by atoms with Crippen LogP contribution in [0.3, 0.4) is 0 Å². The third-order valence-corrected chi connectivity index (χ3v) is 4.77. The minimum atomic E-state index is -2.27. The smallest absolute Gasteiger partial charge is 0.0723 e. The SMILES string of the molecule is [2H]C([2H])([2H])c1cnc(-c2ccccc2)cc1-n1c2ccccc2c2ccccc21. The van der Waals surface area contributed by atoms with Gasteiger partial charge in [-0.05, 0) is 30.6 Å². The number of aromatic nitrogens is 2. The lowest BCUT2D eigenvalue weighted by Crippen LogP contribution is -1.99. The average molecular weight is 337 g/mol. The lowest BCUT2D eigenvalue weighted by atomic mass is 10.1. The molecule has 5 rings (SSSR count). The number of pyridine rings is 1. The van der Waals surface area contributed by atoms with Crippen molar-refractivity contribution in [1.82, 2.24) is 9.55 Å². The summed E-state index contributed by atoms with van der Waals surface area (Å²) in [6, 6.07) is 27.9. The summed E-state index contributed by atoms with van der Waals surface area (Å²) >= 11 is 0. The van der Waals surface area contributed by atoms with Crippen LogP contribution in [0.4, 0.5) is 0 Å². The van der Waals surface area contributed by atoms with Crippen LogP contribution in [-0.4, -0.2) is 9.55 Å². The number of para-hydroxylation sites is 2. The molecule has 0 saturated carbocycles. The zero-order valence-electron chi connectivity index (χ0n) is 17.1. The first-order valence-corrected chi connectivity index (χ1v) is 8.58. The highest BCUT2D eigenvalue weighted by Gasteiger charge is 2.14. The van der Waals surface area contributed by atoms with Gasteiger partial charge in [0.1, 0.15) is 0 Å². The molecule has 0 spiro atoms. The van der Waals surface area contributed by atoms with E-state index >= 15 is 0 Å². The molecular weight excluding hydrogens is 316 g/mol. The maximum Gasteiger partial charge on any atom is 0.0723 e. The van der Waals surface area contributed by atoms with Crippen LogP contribution in [0.2, 0.25) is 0 Å². The minimum Gasteiger partial charge on any atom is -0.309 e. The van der Waals surface area contributed by atoms with Crippen molar-refractivity contribution in [3.8, 4) is 16.9 Å². The first-order chi connectivity index (χ1) is 14.0. The molecule has 2 heterocycles. The van der Waals surface area contributed by atoms with Gasteiger partial charge in [0.05, 0.1) is 22.4 Å². The van der Waals surface area contributed by atoms with Gasteiger partial charge >= 0.3 is 0 Å². The summed E-state index contributed by atoms with van der Waals surface area (Å²) in [5.74, 6) is 0. The van der Waals surface area contributed by atoms with Crippen molar-refractivity contribution >= 4 is 21.8 Å². The van der Waals surface area contributed by atoms with Crippen LogP contribution in [0.15, 0.2) is 91.1 Å². The Kier molecular flexibility index (Phi) is 2.71. The van der Waals surface area contributed by atoms with Gasteiger partial charge < -0.3 is 4.57 Å². The lowest BCUT2D eigenvalue weighted by Gasteiger charge is -2.13. The highest BCUT2D eigenvalue weighted by Crippen LogP contribution is 2.33. The van der Waals surface area contributed by atoms with E-state index in [0.717, 1.165) is 33.1 Å². The molecular formula is C24H18N2. The van der Waals surface area contributed by atoms with E-state index < -0.39 is 6.85 Å². The molecule has 0 atom stereocenters. The summed E-state index contributed by atoms with van der Waals surface area (Å²) in [5, 5.41) is 2.19. The Balaban J connectivity index is 1.90. The molecule has 2 nitrogen and oxygen atoms in total. The third-order valence-electron chi connectivity index (χ3n) is 4.77. The summed E-state index contributed by atoms with van der Waals surface area (Å²) in [7, 11) is 0. The van der Waals surface area contributed by atoms with E-state index in [1.54, 1.807) is 0 Å². The first-order valence-electron chi connectivity index (χ1n) is 10.1. The van der Waals surface area contributed by atoms with Gasteiger partial charge in [0.25, 0.3) is 0 Å². The Morgan fingerprint density at radius 1 is 0.769 bits per heavy atom. The Hall–Kier alpha value is -3.39. The van der Waals surface area contributed by atoms with Crippen molar-refractivity contribution in [2.75, 3.05) is 0 Å². The van der Waals surface area contributed by atoms with Crippen LogP contribution in [0.1, 0.15) is 9.68 Å². The van der Waals surface area contributed by atoms with Gasteiger partial charge in [-0.15, -0.1) is 0 Å². The fraction of sp³-hybridized carbons (Fsp3) is 0.0417. The van der Waals surface area contributed by atoms with Gasteiger partial charge in [0.15, 0.2) is 0 Å². The van der Waals surface area contributed by atoms with Crippen molar-refractivity contribution in [2.24, 2.45) is 0 Å². The number of hydrogen-bond donors (Lipinski definition) is 0. The molecule has 0 N–H and O–H groups in total. The summed E-state index contributed by atoms with van der Waals surface area (Å²) < 4.78 is 26.3. The van der Waals surface area contributed by atoms with Crippen molar-refractivity contribution in [3.63, 3.8) is 0 Å². The highest BCUT2D eigenvalue weighted by atomic mass is 15.0. The van der Waals surface area contributed by atoms with Crippen LogP contribution < -0.4 is 0 Å². The van der Waals surface area contributed by atoms with E-state index in [4.69, 9.17) is 4.11 Å². The molecule has 124 valence electrons. The van der Waals surface area contributed by atoms with Gasteiger partial charge in [0, 0.05) is 26.6 Å². The Labute approximate surface area is 156 Å². The Morgan fingerprint density at radius 2 is 1.38 bits per heavy atom. The largest absolute Gasteiger partial charge is 0.309 e. The fourth-order valence-corrected chi connectivity index (χ4v) is 3.58.